The van der Waals surface area contributed by atoms with Gasteiger partial charge < -0.3 is 15.5 Å². The zero-order chi connectivity index (χ0) is 14.0. The van der Waals surface area contributed by atoms with Crippen molar-refractivity contribution in [3.05, 3.63) is 29.6 Å². The Kier molecular flexibility index (Phi) is 4.42. The van der Waals surface area contributed by atoms with Gasteiger partial charge in [-0.25, -0.2) is 4.39 Å². The van der Waals surface area contributed by atoms with E-state index in [0.29, 0.717) is 11.6 Å². The molecule has 1 atom stereocenters. The lowest BCUT2D eigenvalue weighted by atomic mass is 10.00. The summed E-state index contributed by atoms with van der Waals surface area (Å²) in [5, 5.41) is 0. The molecule has 3 nitrogen and oxygen atoms in total. The van der Waals surface area contributed by atoms with Crippen molar-refractivity contribution in [2.45, 2.75) is 31.8 Å². The zero-order valence-corrected chi connectivity index (χ0v) is 12.1. The predicted octanol–water partition coefficient (Wildman–Crippen LogP) is 2.38. The molecule has 1 aromatic rings. The van der Waals surface area contributed by atoms with Crippen molar-refractivity contribution in [1.82, 2.24) is 4.90 Å². The lowest BCUT2D eigenvalue weighted by Gasteiger charge is -2.37. The number of nitrogens with two attached hydrogens (primary N) is 1. The van der Waals surface area contributed by atoms with Crippen LogP contribution in [0.3, 0.4) is 0 Å². The van der Waals surface area contributed by atoms with Crippen LogP contribution in [0, 0.1) is 5.82 Å². The first kappa shape index (κ1) is 14.3. The molecule has 0 aromatic heterocycles. The van der Waals surface area contributed by atoms with Gasteiger partial charge in [0.1, 0.15) is 5.82 Å². The maximum Gasteiger partial charge on any atom is 0.130 e. The van der Waals surface area contributed by atoms with Crippen LogP contribution in [0.5, 0.6) is 0 Å². The Hall–Kier alpha value is -1.13. The van der Waals surface area contributed by atoms with Gasteiger partial charge in [0.25, 0.3) is 0 Å². The summed E-state index contributed by atoms with van der Waals surface area (Å²) in [6, 6.07) is 5.60. The molecule has 1 aliphatic heterocycles. The van der Waals surface area contributed by atoms with Crippen LogP contribution in [-0.2, 0) is 0 Å². The summed E-state index contributed by atoms with van der Waals surface area (Å²) in [7, 11) is 4.24. The molecule has 0 spiro atoms. The number of hydrogen-bond donors (Lipinski definition) is 1. The normalized spacial score (nSPS) is 18.9. The van der Waals surface area contributed by atoms with Crippen molar-refractivity contribution in [1.29, 1.82) is 0 Å². The third-order valence-corrected chi connectivity index (χ3v) is 4.02. The second kappa shape index (κ2) is 5.88. The van der Waals surface area contributed by atoms with Crippen molar-refractivity contribution in [2.75, 3.05) is 32.1 Å². The van der Waals surface area contributed by atoms with Crippen LogP contribution in [0.1, 0.15) is 31.4 Å². The molecule has 1 fully saturated rings. The molecule has 0 amide bonds. The summed E-state index contributed by atoms with van der Waals surface area (Å²) in [6.45, 7) is 3.77. The minimum absolute atomic E-state index is 0.192. The number of piperidine rings is 1. The number of benzene rings is 1. The Morgan fingerprint density at radius 3 is 2.47 bits per heavy atom. The molecule has 1 unspecified atom stereocenters. The van der Waals surface area contributed by atoms with Gasteiger partial charge >= 0.3 is 0 Å². The van der Waals surface area contributed by atoms with Gasteiger partial charge in [0.2, 0.25) is 0 Å². The highest BCUT2D eigenvalue weighted by Crippen LogP contribution is 2.30. The van der Waals surface area contributed by atoms with E-state index in [9.17, 15) is 4.39 Å². The summed E-state index contributed by atoms with van der Waals surface area (Å²) < 4.78 is 13.9. The van der Waals surface area contributed by atoms with Crippen molar-refractivity contribution in [3.63, 3.8) is 0 Å². The maximum atomic E-state index is 13.9. The lowest BCUT2D eigenvalue weighted by molar-refractivity contribution is 0.249. The average Bonchev–Trinajstić information content (AvgIpc) is 2.38. The van der Waals surface area contributed by atoms with Gasteiger partial charge in [-0.05, 0) is 46.0 Å². The first-order valence-electron chi connectivity index (χ1n) is 6.96. The number of halogens is 1. The highest BCUT2D eigenvalue weighted by Gasteiger charge is 2.24. The molecule has 0 aliphatic carbocycles. The van der Waals surface area contributed by atoms with E-state index in [1.807, 2.05) is 13.0 Å². The molecule has 0 saturated carbocycles. The topological polar surface area (TPSA) is 32.5 Å². The largest absolute Gasteiger partial charge is 0.371 e. The van der Waals surface area contributed by atoms with Gasteiger partial charge in [0, 0.05) is 36.4 Å². The fourth-order valence-electron chi connectivity index (χ4n) is 2.88. The summed E-state index contributed by atoms with van der Waals surface area (Å²) in [5.41, 5.74) is 7.53. The molecule has 2 N–H and O–H groups in total. The lowest BCUT2D eigenvalue weighted by Crippen LogP contribution is -2.42. The van der Waals surface area contributed by atoms with Crippen LogP contribution in [0.25, 0.3) is 0 Å². The van der Waals surface area contributed by atoms with Gasteiger partial charge in [0.15, 0.2) is 0 Å². The molecule has 0 bridgehead atoms. The van der Waals surface area contributed by atoms with Gasteiger partial charge in [-0.1, -0.05) is 6.07 Å². The fraction of sp³-hybridized carbons (Fsp3) is 0.600. The molecule has 0 radical (unpaired) electrons. The van der Waals surface area contributed by atoms with Crippen LogP contribution in [0.15, 0.2) is 18.2 Å². The number of rotatable bonds is 3. The minimum Gasteiger partial charge on any atom is -0.371 e. The Balaban J connectivity index is 2.18. The predicted molar refractivity (Wildman–Crippen MR) is 77.9 cm³/mol. The van der Waals surface area contributed by atoms with Crippen LogP contribution >= 0.6 is 0 Å². The standard InChI is InChI=1S/C15H24FN3/c1-11(17)15-13(16)5-4-6-14(15)19-9-7-12(8-10-19)18(2)3/h4-6,11-12H,7-10,17H2,1-3H3. The first-order chi connectivity index (χ1) is 9.00. The third kappa shape index (κ3) is 3.07. The van der Waals surface area contributed by atoms with Gasteiger partial charge in [-0.3, -0.25) is 0 Å². The van der Waals surface area contributed by atoms with Crippen LogP contribution in [-0.4, -0.2) is 38.1 Å². The Labute approximate surface area is 115 Å². The Morgan fingerprint density at radius 2 is 1.95 bits per heavy atom. The second-order valence-corrected chi connectivity index (χ2v) is 5.64. The van der Waals surface area contributed by atoms with E-state index in [-0.39, 0.29) is 11.9 Å². The molecule has 2 rings (SSSR count). The molecule has 1 aromatic carbocycles. The van der Waals surface area contributed by atoms with Gasteiger partial charge in [0.05, 0.1) is 0 Å². The van der Waals surface area contributed by atoms with E-state index in [1.54, 1.807) is 6.07 Å². The van der Waals surface area contributed by atoms with Crippen LogP contribution < -0.4 is 10.6 Å². The molecule has 1 heterocycles. The monoisotopic (exact) mass is 265 g/mol. The van der Waals surface area contributed by atoms with Gasteiger partial charge in [-0.15, -0.1) is 0 Å². The quantitative estimate of drug-likeness (QED) is 0.910. The van der Waals surface area contributed by atoms with Crippen molar-refractivity contribution < 1.29 is 4.39 Å². The van der Waals surface area contributed by atoms with Crippen LogP contribution in [0.2, 0.25) is 0 Å². The van der Waals surface area contributed by atoms with E-state index >= 15 is 0 Å². The van der Waals surface area contributed by atoms with E-state index in [0.717, 1.165) is 31.6 Å². The summed E-state index contributed by atoms with van der Waals surface area (Å²) in [6.07, 6.45) is 2.23. The van der Waals surface area contributed by atoms with Crippen molar-refractivity contribution in [3.8, 4) is 0 Å². The highest BCUT2D eigenvalue weighted by molar-refractivity contribution is 5.55. The van der Waals surface area contributed by atoms with Crippen molar-refractivity contribution in [2.24, 2.45) is 5.73 Å². The zero-order valence-electron chi connectivity index (χ0n) is 12.1. The second-order valence-electron chi connectivity index (χ2n) is 5.64. The van der Waals surface area contributed by atoms with E-state index < -0.39 is 0 Å². The third-order valence-electron chi connectivity index (χ3n) is 4.02. The Morgan fingerprint density at radius 1 is 1.32 bits per heavy atom. The summed E-state index contributed by atoms with van der Waals surface area (Å²) in [4.78, 5) is 4.54. The van der Waals surface area contributed by atoms with Gasteiger partial charge in [-0.2, -0.15) is 0 Å². The van der Waals surface area contributed by atoms with E-state index in [4.69, 9.17) is 5.73 Å². The molecular formula is C15H24FN3. The maximum absolute atomic E-state index is 13.9. The minimum atomic E-state index is -0.275. The van der Waals surface area contributed by atoms with E-state index in [1.165, 1.54) is 6.07 Å². The Bertz CT molecular complexity index is 423. The fourth-order valence-corrected chi connectivity index (χ4v) is 2.88. The average molecular weight is 265 g/mol. The first-order valence-corrected chi connectivity index (χ1v) is 6.96. The molecule has 1 aliphatic rings. The molecule has 1 saturated heterocycles. The number of nitrogens with zero attached hydrogens (tertiary/aromatic N) is 2. The molecule has 19 heavy (non-hydrogen) atoms. The highest BCUT2D eigenvalue weighted by atomic mass is 19.1. The summed E-state index contributed by atoms with van der Waals surface area (Å²) >= 11 is 0. The molecule has 106 valence electrons. The number of anilines is 1. The van der Waals surface area contributed by atoms with E-state index in [2.05, 4.69) is 23.9 Å². The molecule has 4 heteroatoms. The SMILES string of the molecule is CC(N)c1c(F)cccc1N1CCC(N(C)C)CC1. The molecular weight excluding hydrogens is 241 g/mol. The number of hydrogen-bond acceptors (Lipinski definition) is 3. The summed E-state index contributed by atoms with van der Waals surface area (Å²) in [5.74, 6) is -0.192. The van der Waals surface area contributed by atoms with Crippen molar-refractivity contribution >= 4 is 5.69 Å². The smallest absolute Gasteiger partial charge is 0.130 e. The van der Waals surface area contributed by atoms with Crippen LogP contribution in [0.4, 0.5) is 10.1 Å².